The molecule has 2 aliphatic heterocycles. The summed E-state index contributed by atoms with van der Waals surface area (Å²) in [5.41, 5.74) is 9.65. The van der Waals surface area contributed by atoms with Crippen molar-refractivity contribution in [1.82, 2.24) is 5.32 Å². The number of para-hydroxylation sites is 1. The lowest BCUT2D eigenvalue weighted by atomic mass is 9.97. The van der Waals surface area contributed by atoms with Gasteiger partial charge in [0.1, 0.15) is 5.75 Å². The van der Waals surface area contributed by atoms with Gasteiger partial charge in [-0.25, -0.2) is 4.99 Å². The molecule has 6 heteroatoms. The van der Waals surface area contributed by atoms with Gasteiger partial charge in [-0.1, -0.05) is 30.3 Å². The summed E-state index contributed by atoms with van der Waals surface area (Å²) in [7, 11) is 0. The van der Waals surface area contributed by atoms with Gasteiger partial charge in [-0.15, -0.1) is 0 Å². The van der Waals surface area contributed by atoms with Gasteiger partial charge in [0.2, 0.25) is 0 Å². The minimum Gasteiger partial charge on any atom is -0.493 e. The highest BCUT2D eigenvalue weighted by molar-refractivity contribution is 5.78. The molecule has 0 bridgehead atoms. The molecule has 0 aliphatic carbocycles. The second-order valence-corrected chi connectivity index (χ2v) is 7.85. The Balaban J connectivity index is 1.32. The van der Waals surface area contributed by atoms with Crippen LogP contribution in [-0.2, 0) is 6.54 Å². The van der Waals surface area contributed by atoms with Crippen molar-refractivity contribution < 1.29 is 9.84 Å². The van der Waals surface area contributed by atoms with Crippen molar-refractivity contribution >= 4 is 11.6 Å². The summed E-state index contributed by atoms with van der Waals surface area (Å²) in [4.78, 5) is 6.91. The lowest BCUT2D eigenvalue weighted by Crippen LogP contribution is -2.37. The first kappa shape index (κ1) is 19.6. The second-order valence-electron chi connectivity index (χ2n) is 7.85. The van der Waals surface area contributed by atoms with Crippen molar-refractivity contribution in [3.63, 3.8) is 0 Å². The van der Waals surface area contributed by atoms with E-state index in [4.69, 9.17) is 10.5 Å². The minimum atomic E-state index is 0.132. The van der Waals surface area contributed by atoms with Gasteiger partial charge in [0.05, 0.1) is 19.2 Å². The van der Waals surface area contributed by atoms with E-state index in [1.807, 2.05) is 18.2 Å². The summed E-state index contributed by atoms with van der Waals surface area (Å²) < 4.78 is 5.70. The summed E-state index contributed by atoms with van der Waals surface area (Å²) >= 11 is 0. The number of fused-ring (bicyclic) bond motifs is 1. The highest BCUT2D eigenvalue weighted by Gasteiger charge is 2.21. The van der Waals surface area contributed by atoms with Crippen molar-refractivity contribution in [3.05, 3.63) is 59.7 Å². The van der Waals surface area contributed by atoms with Gasteiger partial charge < -0.3 is 25.8 Å². The number of nitrogens with two attached hydrogens (primary N) is 1. The van der Waals surface area contributed by atoms with E-state index in [1.165, 1.54) is 5.69 Å². The number of ether oxygens (including phenoxy) is 1. The van der Waals surface area contributed by atoms with Gasteiger partial charge >= 0.3 is 0 Å². The average Bonchev–Trinajstić information content (AvgIpc) is 2.78. The summed E-state index contributed by atoms with van der Waals surface area (Å²) in [5.74, 6) is 1.84. The number of aliphatic imine (C=N–C) groups is 1. The van der Waals surface area contributed by atoms with Crippen LogP contribution in [0, 0.1) is 5.92 Å². The number of guanidine groups is 1. The number of anilines is 1. The third-order valence-electron chi connectivity index (χ3n) is 5.89. The molecule has 2 aromatic carbocycles. The van der Waals surface area contributed by atoms with Gasteiger partial charge in [-0.2, -0.15) is 0 Å². The summed E-state index contributed by atoms with van der Waals surface area (Å²) in [6.45, 7) is 3.55. The van der Waals surface area contributed by atoms with Gasteiger partial charge in [0.25, 0.3) is 0 Å². The monoisotopic (exact) mass is 394 g/mol. The Bertz CT molecular complexity index is 829. The summed E-state index contributed by atoms with van der Waals surface area (Å²) in [5, 5.41) is 12.6. The lowest BCUT2D eigenvalue weighted by Gasteiger charge is -2.32. The molecule has 2 heterocycles. The van der Waals surface area contributed by atoms with Gasteiger partial charge in [0.15, 0.2) is 5.96 Å². The molecular weight excluding hydrogens is 364 g/mol. The van der Waals surface area contributed by atoms with E-state index in [0.717, 1.165) is 49.2 Å². The predicted octanol–water partition coefficient (Wildman–Crippen LogP) is 2.82. The molecule has 1 fully saturated rings. The van der Waals surface area contributed by atoms with Crippen molar-refractivity contribution in [3.8, 4) is 5.75 Å². The third kappa shape index (κ3) is 4.82. The molecule has 2 aliphatic rings. The maximum absolute atomic E-state index is 9.29. The number of aliphatic hydroxyl groups is 1. The molecule has 154 valence electrons. The van der Waals surface area contributed by atoms with Crippen molar-refractivity contribution in [2.24, 2.45) is 16.6 Å². The van der Waals surface area contributed by atoms with Crippen LogP contribution in [0.25, 0.3) is 0 Å². The molecule has 2 aromatic rings. The first-order valence-electron chi connectivity index (χ1n) is 10.5. The Morgan fingerprint density at radius 3 is 2.62 bits per heavy atom. The summed E-state index contributed by atoms with van der Waals surface area (Å²) in [6, 6.07) is 16.7. The molecule has 4 rings (SSSR count). The molecule has 1 atom stereocenters. The van der Waals surface area contributed by atoms with Crippen molar-refractivity contribution in [1.29, 1.82) is 0 Å². The molecule has 1 saturated heterocycles. The number of piperidine rings is 1. The van der Waals surface area contributed by atoms with E-state index in [2.05, 4.69) is 45.5 Å². The molecule has 0 amide bonds. The fourth-order valence-electron chi connectivity index (χ4n) is 4.08. The number of hydrogen-bond donors (Lipinski definition) is 3. The molecule has 4 N–H and O–H groups in total. The predicted molar refractivity (Wildman–Crippen MR) is 116 cm³/mol. The zero-order chi connectivity index (χ0) is 20.1. The Morgan fingerprint density at radius 1 is 1.10 bits per heavy atom. The van der Waals surface area contributed by atoms with E-state index in [9.17, 15) is 5.11 Å². The number of aliphatic hydroxyl groups excluding tert-OH is 1. The number of nitrogens with zero attached hydrogens (tertiary/aromatic N) is 2. The van der Waals surface area contributed by atoms with Crippen LogP contribution in [0.15, 0.2) is 53.5 Å². The van der Waals surface area contributed by atoms with Gasteiger partial charge in [0, 0.05) is 37.4 Å². The third-order valence-corrected chi connectivity index (χ3v) is 5.89. The largest absolute Gasteiger partial charge is 0.493 e. The van der Waals surface area contributed by atoms with Crippen molar-refractivity contribution in [2.45, 2.75) is 31.8 Å². The Hall–Kier alpha value is -2.73. The Morgan fingerprint density at radius 2 is 1.86 bits per heavy atom. The van der Waals surface area contributed by atoms with Crippen LogP contribution in [-0.4, -0.2) is 37.4 Å². The Labute approximate surface area is 172 Å². The molecule has 0 aromatic heterocycles. The van der Waals surface area contributed by atoms with Crippen LogP contribution in [0.5, 0.6) is 5.75 Å². The highest BCUT2D eigenvalue weighted by atomic mass is 16.5. The van der Waals surface area contributed by atoms with Crippen LogP contribution in [0.3, 0.4) is 0 Å². The number of rotatable bonds is 5. The lowest BCUT2D eigenvalue weighted by molar-refractivity contribution is 0.203. The zero-order valence-corrected chi connectivity index (χ0v) is 16.8. The van der Waals surface area contributed by atoms with Crippen LogP contribution < -0.4 is 20.7 Å². The van der Waals surface area contributed by atoms with Crippen LogP contribution >= 0.6 is 0 Å². The maximum Gasteiger partial charge on any atom is 0.189 e. The zero-order valence-electron chi connectivity index (χ0n) is 16.8. The first-order valence-corrected chi connectivity index (χ1v) is 10.5. The standard InChI is InChI=1S/C23H30N4O2/c24-23(26-21-11-14-29-22-4-2-1-3-20(21)22)25-15-17-5-7-19(8-6-17)27-12-9-18(16-28)10-13-27/h1-8,18,21,28H,9-16H2,(H3,24,25,26). The van der Waals surface area contributed by atoms with Crippen molar-refractivity contribution in [2.75, 3.05) is 31.2 Å². The van der Waals surface area contributed by atoms with E-state index in [0.29, 0.717) is 31.6 Å². The molecule has 0 radical (unpaired) electrons. The fraction of sp³-hybridized carbons (Fsp3) is 0.435. The minimum absolute atomic E-state index is 0.132. The van der Waals surface area contributed by atoms with Gasteiger partial charge in [-0.3, -0.25) is 0 Å². The number of nitrogens with one attached hydrogen (secondary N) is 1. The fourth-order valence-corrected chi connectivity index (χ4v) is 4.08. The molecule has 29 heavy (non-hydrogen) atoms. The highest BCUT2D eigenvalue weighted by Crippen LogP contribution is 2.31. The first-order chi connectivity index (χ1) is 14.2. The van der Waals surface area contributed by atoms with E-state index in [1.54, 1.807) is 0 Å². The normalized spacial score (nSPS) is 20.1. The molecule has 0 spiro atoms. The average molecular weight is 395 g/mol. The van der Waals surface area contributed by atoms with Gasteiger partial charge in [-0.05, 0) is 42.5 Å². The number of hydrogen-bond acceptors (Lipinski definition) is 4. The van der Waals surface area contributed by atoms with E-state index >= 15 is 0 Å². The molecule has 0 saturated carbocycles. The topological polar surface area (TPSA) is 83.1 Å². The molecule has 6 nitrogen and oxygen atoms in total. The summed E-state index contributed by atoms with van der Waals surface area (Å²) in [6.07, 6.45) is 2.98. The smallest absolute Gasteiger partial charge is 0.189 e. The maximum atomic E-state index is 9.29. The SMILES string of the molecule is NC(=NCc1ccc(N2CCC(CO)CC2)cc1)NC1CCOc2ccccc21. The molecule has 1 unspecified atom stereocenters. The Kier molecular flexibility index (Phi) is 6.20. The van der Waals surface area contributed by atoms with E-state index in [-0.39, 0.29) is 6.04 Å². The van der Waals surface area contributed by atoms with Crippen LogP contribution in [0.4, 0.5) is 5.69 Å². The number of benzene rings is 2. The second kappa shape index (κ2) is 9.18. The van der Waals surface area contributed by atoms with Crippen LogP contribution in [0.2, 0.25) is 0 Å². The van der Waals surface area contributed by atoms with Crippen LogP contribution in [0.1, 0.15) is 36.4 Å². The molecular formula is C23H30N4O2. The quantitative estimate of drug-likeness (QED) is 0.537. The van der Waals surface area contributed by atoms with E-state index < -0.39 is 0 Å².